The first-order valence-electron chi connectivity index (χ1n) is 8.63. The van der Waals surface area contributed by atoms with Crippen molar-refractivity contribution in [1.82, 2.24) is 4.74 Å². The van der Waals surface area contributed by atoms with Gasteiger partial charge in [0, 0.05) is 11.5 Å². The average Bonchev–Trinajstić information content (AvgIpc) is 3.25. The fraction of sp³-hybridized carbons (Fsp3) is 0.474. The van der Waals surface area contributed by atoms with E-state index in [0.717, 1.165) is 25.0 Å². The predicted molar refractivity (Wildman–Crippen MR) is 89.4 cm³/mol. The molecule has 0 unspecified atom stereocenters. The van der Waals surface area contributed by atoms with Crippen LogP contribution < -0.4 is 5.49 Å². The summed E-state index contributed by atoms with van der Waals surface area (Å²) in [6, 6.07) is 4.15. The van der Waals surface area contributed by atoms with Crippen LogP contribution in [-0.2, 0) is 18.1 Å². The van der Waals surface area contributed by atoms with E-state index >= 15 is 0 Å². The lowest BCUT2D eigenvalue weighted by atomic mass is 9.94. The van der Waals surface area contributed by atoms with E-state index in [2.05, 4.69) is 4.99 Å². The molecule has 0 radical (unpaired) electrons. The fourth-order valence-electron chi connectivity index (χ4n) is 2.57. The number of rotatable bonds is 3. The molecule has 1 saturated carbocycles. The van der Waals surface area contributed by atoms with Gasteiger partial charge < -0.3 is 4.52 Å². The normalized spacial score (nSPS) is 16.0. The summed E-state index contributed by atoms with van der Waals surface area (Å²) in [7, 11) is 0. The predicted octanol–water partition coefficient (Wildman–Crippen LogP) is 4.69. The molecular formula is C19H20F4N2O2. The highest BCUT2D eigenvalue weighted by Gasteiger charge is 2.35. The first kappa shape index (κ1) is 19.4. The van der Waals surface area contributed by atoms with Gasteiger partial charge in [-0.2, -0.15) is 22.9 Å². The van der Waals surface area contributed by atoms with Crippen molar-refractivity contribution in [2.24, 2.45) is 10.9 Å². The van der Waals surface area contributed by atoms with Crippen LogP contribution in [0.15, 0.2) is 33.8 Å². The van der Waals surface area contributed by atoms with Gasteiger partial charge in [-0.1, -0.05) is 26.8 Å². The highest BCUT2D eigenvalue weighted by atomic mass is 19.4. The van der Waals surface area contributed by atoms with Gasteiger partial charge in [0.25, 0.3) is 5.91 Å². The second-order valence-electron chi connectivity index (χ2n) is 7.79. The molecule has 1 aromatic heterocycles. The minimum atomic E-state index is -4.89. The van der Waals surface area contributed by atoms with E-state index in [9.17, 15) is 22.4 Å². The minimum Gasteiger partial charge on any atom is -0.382 e. The SMILES string of the molecule is CC(C)(C)c1cc(=NC(=O)c2cccc(C(F)(F)F)c2F)n(CC2CC2)o1. The quantitative estimate of drug-likeness (QED) is 0.721. The Balaban J connectivity index is 2.04. The number of alkyl halides is 3. The maximum Gasteiger partial charge on any atom is 0.419 e. The van der Waals surface area contributed by atoms with Crippen LogP contribution in [0.5, 0.6) is 0 Å². The summed E-state index contributed by atoms with van der Waals surface area (Å²) in [6.45, 7) is 6.29. The van der Waals surface area contributed by atoms with Crippen molar-refractivity contribution in [3.05, 3.63) is 52.5 Å². The summed E-state index contributed by atoms with van der Waals surface area (Å²) in [5.41, 5.74) is -2.38. The van der Waals surface area contributed by atoms with E-state index in [1.165, 1.54) is 4.74 Å². The number of carbonyl (C=O) groups is 1. The number of aromatic nitrogens is 1. The van der Waals surface area contributed by atoms with Crippen molar-refractivity contribution >= 4 is 5.91 Å². The zero-order chi connectivity index (χ0) is 20.0. The summed E-state index contributed by atoms with van der Waals surface area (Å²) in [5.74, 6) is -1.70. The number of amides is 1. The molecule has 0 aliphatic heterocycles. The van der Waals surface area contributed by atoms with Crippen molar-refractivity contribution < 1.29 is 26.9 Å². The van der Waals surface area contributed by atoms with Crippen LogP contribution in [0.25, 0.3) is 0 Å². The monoisotopic (exact) mass is 384 g/mol. The maximum atomic E-state index is 14.2. The number of halogens is 4. The molecule has 1 amide bonds. The number of hydrogen-bond acceptors (Lipinski definition) is 2. The van der Waals surface area contributed by atoms with E-state index in [4.69, 9.17) is 4.52 Å². The zero-order valence-electron chi connectivity index (χ0n) is 15.2. The second kappa shape index (κ2) is 6.65. The van der Waals surface area contributed by atoms with E-state index in [-0.39, 0.29) is 10.9 Å². The summed E-state index contributed by atoms with van der Waals surface area (Å²) in [4.78, 5) is 16.2. The summed E-state index contributed by atoms with van der Waals surface area (Å²) < 4.78 is 60.0. The van der Waals surface area contributed by atoms with Crippen LogP contribution in [0.2, 0.25) is 0 Å². The third-order valence-electron chi connectivity index (χ3n) is 4.34. The van der Waals surface area contributed by atoms with Gasteiger partial charge in [-0.3, -0.25) is 4.79 Å². The number of benzene rings is 1. The molecule has 1 aliphatic carbocycles. The second-order valence-corrected chi connectivity index (χ2v) is 7.79. The summed E-state index contributed by atoms with van der Waals surface area (Å²) in [5, 5.41) is 0. The highest BCUT2D eigenvalue weighted by Crippen LogP contribution is 2.33. The third-order valence-corrected chi connectivity index (χ3v) is 4.34. The molecule has 1 aromatic carbocycles. The van der Waals surface area contributed by atoms with Crippen LogP contribution in [-0.4, -0.2) is 10.6 Å². The van der Waals surface area contributed by atoms with Crippen molar-refractivity contribution in [3.8, 4) is 0 Å². The van der Waals surface area contributed by atoms with Gasteiger partial charge in [-0.25, -0.2) is 4.39 Å². The van der Waals surface area contributed by atoms with Crippen LogP contribution in [0, 0.1) is 11.7 Å². The standard InChI is InChI=1S/C19H20F4N2O2/c1-18(2,3)14-9-15(25(27-14)10-11-7-8-11)24-17(26)12-5-4-6-13(16(12)20)19(21,22)23/h4-6,9,11H,7-8,10H2,1-3H3. The molecule has 3 rings (SSSR count). The first-order chi connectivity index (χ1) is 12.5. The van der Waals surface area contributed by atoms with Gasteiger partial charge in [0.1, 0.15) is 11.6 Å². The lowest BCUT2D eigenvalue weighted by molar-refractivity contribution is -0.140. The fourth-order valence-corrected chi connectivity index (χ4v) is 2.57. The number of hydrogen-bond donors (Lipinski definition) is 0. The first-order valence-corrected chi connectivity index (χ1v) is 8.63. The molecule has 1 heterocycles. The molecule has 146 valence electrons. The molecular weight excluding hydrogens is 364 g/mol. The van der Waals surface area contributed by atoms with Crippen molar-refractivity contribution in [3.63, 3.8) is 0 Å². The Bertz CT molecular complexity index is 928. The number of carbonyl (C=O) groups excluding carboxylic acids is 1. The van der Waals surface area contributed by atoms with Crippen LogP contribution in [0.1, 0.15) is 55.3 Å². The van der Waals surface area contributed by atoms with E-state index in [1.807, 2.05) is 20.8 Å². The summed E-state index contributed by atoms with van der Waals surface area (Å²) >= 11 is 0. The van der Waals surface area contributed by atoms with Crippen LogP contribution in [0.3, 0.4) is 0 Å². The molecule has 4 nitrogen and oxygen atoms in total. The average molecular weight is 384 g/mol. The van der Waals surface area contributed by atoms with Gasteiger partial charge in [-0.15, -0.1) is 0 Å². The smallest absolute Gasteiger partial charge is 0.382 e. The Hall–Kier alpha value is -2.38. The lowest BCUT2D eigenvalue weighted by Crippen LogP contribution is -2.19. The molecule has 0 N–H and O–H groups in total. The lowest BCUT2D eigenvalue weighted by Gasteiger charge is -2.13. The Morgan fingerprint density at radius 2 is 1.93 bits per heavy atom. The minimum absolute atomic E-state index is 0.175. The van der Waals surface area contributed by atoms with Crippen LogP contribution in [0.4, 0.5) is 17.6 Å². The molecule has 0 bridgehead atoms. The van der Waals surface area contributed by atoms with Crippen molar-refractivity contribution in [1.29, 1.82) is 0 Å². The Kier molecular flexibility index (Phi) is 4.78. The largest absolute Gasteiger partial charge is 0.419 e. The van der Waals surface area contributed by atoms with Crippen LogP contribution >= 0.6 is 0 Å². The molecule has 1 fully saturated rings. The molecule has 8 heteroatoms. The van der Waals surface area contributed by atoms with Gasteiger partial charge in [0.2, 0.25) is 0 Å². The number of nitrogens with zero attached hydrogens (tertiary/aromatic N) is 2. The Morgan fingerprint density at radius 1 is 1.26 bits per heavy atom. The molecule has 0 atom stereocenters. The third kappa shape index (κ3) is 4.31. The highest BCUT2D eigenvalue weighted by molar-refractivity contribution is 5.95. The Morgan fingerprint density at radius 3 is 2.48 bits per heavy atom. The zero-order valence-corrected chi connectivity index (χ0v) is 15.2. The van der Waals surface area contributed by atoms with E-state index in [0.29, 0.717) is 24.3 Å². The van der Waals surface area contributed by atoms with E-state index < -0.39 is 29.0 Å². The molecule has 2 aromatic rings. The van der Waals surface area contributed by atoms with E-state index in [1.54, 1.807) is 6.07 Å². The summed E-state index contributed by atoms with van der Waals surface area (Å²) in [6.07, 6.45) is -2.82. The van der Waals surface area contributed by atoms with Gasteiger partial charge in [-0.05, 0) is 30.9 Å². The Labute approximate surface area is 153 Å². The maximum absolute atomic E-state index is 14.2. The molecule has 1 aliphatic rings. The topological polar surface area (TPSA) is 47.5 Å². The molecule has 0 saturated heterocycles. The molecule has 0 spiro atoms. The molecule has 27 heavy (non-hydrogen) atoms. The van der Waals surface area contributed by atoms with Crippen molar-refractivity contribution in [2.45, 2.75) is 51.7 Å². The van der Waals surface area contributed by atoms with Gasteiger partial charge in [0.05, 0.1) is 17.7 Å². The van der Waals surface area contributed by atoms with Gasteiger partial charge >= 0.3 is 6.18 Å². The van der Waals surface area contributed by atoms with Crippen molar-refractivity contribution in [2.75, 3.05) is 0 Å². The van der Waals surface area contributed by atoms with Gasteiger partial charge in [0.15, 0.2) is 5.49 Å².